The highest BCUT2D eigenvalue weighted by Crippen LogP contribution is 2.39. The first-order valence-electron chi connectivity index (χ1n) is 18.8. The SMILES string of the molecule is COc1cc2c(cc1OC)CN(C[C@@H]1C[C@H](c3ccc(CO)cc3)O[C@H](c3ccc(CNC(=O)CCCCCC(=O)Nc4ccccc4N)cc3)O1)CC2. The van der Waals surface area contributed by atoms with Gasteiger partial charge in [-0.15, -0.1) is 0 Å². The summed E-state index contributed by atoms with van der Waals surface area (Å²) in [6.45, 7) is 2.86. The zero-order valence-electron chi connectivity index (χ0n) is 31.2. The van der Waals surface area contributed by atoms with Gasteiger partial charge in [-0.05, 0) is 71.3 Å². The summed E-state index contributed by atoms with van der Waals surface area (Å²) in [5, 5.41) is 15.4. The van der Waals surface area contributed by atoms with Crippen molar-refractivity contribution in [2.45, 2.75) is 83.1 Å². The molecule has 0 bridgehead atoms. The van der Waals surface area contributed by atoms with E-state index in [1.165, 1.54) is 11.1 Å². The summed E-state index contributed by atoms with van der Waals surface area (Å²) < 4.78 is 24.3. The molecule has 0 aromatic heterocycles. The first-order chi connectivity index (χ1) is 26.3. The molecule has 0 spiro atoms. The molecule has 4 aromatic rings. The molecule has 0 unspecified atom stereocenters. The Morgan fingerprint density at radius 3 is 2.20 bits per heavy atom. The second-order valence-electron chi connectivity index (χ2n) is 14.0. The van der Waals surface area contributed by atoms with Crippen LogP contribution in [-0.4, -0.2) is 55.2 Å². The van der Waals surface area contributed by atoms with E-state index in [4.69, 9.17) is 24.7 Å². The monoisotopic (exact) mass is 736 g/mol. The molecule has 54 heavy (non-hydrogen) atoms. The largest absolute Gasteiger partial charge is 0.493 e. The van der Waals surface area contributed by atoms with Crippen LogP contribution in [0.3, 0.4) is 0 Å². The number of nitrogens with two attached hydrogens (primary N) is 1. The molecule has 5 N–H and O–H groups in total. The van der Waals surface area contributed by atoms with Gasteiger partial charge in [0.05, 0.1) is 44.4 Å². The van der Waals surface area contributed by atoms with Gasteiger partial charge < -0.3 is 40.4 Å². The molecule has 0 saturated carbocycles. The number of aliphatic hydroxyl groups excluding tert-OH is 1. The number of nitrogens with zero attached hydrogens (tertiary/aromatic N) is 1. The third-order valence-corrected chi connectivity index (χ3v) is 10.2. The molecule has 2 amide bonds. The standard InChI is InChI=1S/C43H52N4O7/c1-51-39-22-33-20-21-47(26-34(33)23-40(39)52-2)27-35-24-38(31-16-14-30(28-48)15-17-31)54-43(53-35)32-18-12-29(13-19-32)25-45-41(49)10-4-3-5-11-42(50)46-37-9-7-6-8-36(37)44/h6-9,12-19,22-23,35,38,43,48H,3-5,10-11,20-21,24-28,44H2,1-2H3,(H,45,49)(H,46,50)/t35-,38+,43+/m0/s1. The third kappa shape index (κ3) is 10.4. The average molecular weight is 737 g/mol. The van der Waals surface area contributed by atoms with Gasteiger partial charge in [0.2, 0.25) is 11.8 Å². The van der Waals surface area contributed by atoms with Gasteiger partial charge in [0, 0.05) is 51.0 Å². The van der Waals surface area contributed by atoms with Gasteiger partial charge in [0.25, 0.3) is 0 Å². The number of carbonyl (C=O) groups is 2. The number of hydrogen-bond acceptors (Lipinski definition) is 9. The molecule has 2 aliphatic rings. The van der Waals surface area contributed by atoms with Crippen molar-refractivity contribution >= 4 is 23.2 Å². The molecule has 11 heteroatoms. The maximum Gasteiger partial charge on any atom is 0.224 e. The molecule has 1 saturated heterocycles. The summed E-state index contributed by atoms with van der Waals surface area (Å²) >= 11 is 0. The molecule has 3 atom stereocenters. The summed E-state index contributed by atoms with van der Waals surface area (Å²) in [5.74, 6) is 1.39. The third-order valence-electron chi connectivity index (χ3n) is 10.2. The van der Waals surface area contributed by atoms with Crippen LogP contribution in [0.5, 0.6) is 11.5 Å². The molecule has 6 rings (SSSR count). The van der Waals surface area contributed by atoms with E-state index in [0.29, 0.717) is 50.0 Å². The Morgan fingerprint density at radius 2 is 1.50 bits per heavy atom. The number of para-hydroxylation sites is 2. The van der Waals surface area contributed by atoms with E-state index in [0.717, 1.165) is 66.2 Å². The first kappa shape index (κ1) is 38.8. The highest BCUT2D eigenvalue weighted by Gasteiger charge is 2.34. The second kappa shape index (κ2) is 18.9. The fourth-order valence-corrected chi connectivity index (χ4v) is 7.07. The number of unbranched alkanes of at least 4 members (excludes halogenated alkanes) is 2. The van der Waals surface area contributed by atoms with E-state index >= 15 is 0 Å². The molecule has 1 fully saturated rings. The van der Waals surface area contributed by atoms with Gasteiger partial charge >= 0.3 is 0 Å². The maximum atomic E-state index is 12.6. The minimum atomic E-state index is -0.566. The van der Waals surface area contributed by atoms with Crippen molar-refractivity contribution < 1.29 is 33.6 Å². The number of nitrogen functional groups attached to an aromatic ring is 1. The van der Waals surface area contributed by atoms with E-state index in [-0.39, 0.29) is 30.6 Å². The topological polar surface area (TPSA) is 145 Å². The van der Waals surface area contributed by atoms with Gasteiger partial charge in [-0.3, -0.25) is 14.5 Å². The van der Waals surface area contributed by atoms with Crippen molar-refractivity contribution in [3.8, 4) is 11.5 Å². The summed E-state index contributed by atoms with van der Waals surface area (Å²) in [6, 6.07) is 27.3. The molecule has 2 aliphatic heterocycles. The Balaban J connectivity index is 1.01. The van der Waals surface area contributed by atoms with Crippen molar-refractivity contribution in [3.05, 3.63) is 118 Å². The molecule has 2 heterocycles. The van der Waals surface area contributed by atoms with Gasteiger partial charge in [-0.1, -0.05) is 67.1 Å². The Hall–Kier alpha value is -4.94. The van der Waals surface area contributed by atoms with Gasteiger partial charge in [0.15, 0.2) is 17.8 Å². The number of amides is 2. The molecular weight excluding hydrogens is 684 g/mol. The molecular formula is C43H52N4O7. The fraction of sp³-hybridized carbons (Fsp3) is 0.395. The highest BCUT2D eigenvalue weighted by atomic mass is 16.7. The van der Waals surface area contributed by atoms with Crippen LogP contribution in [0, 0.1) is 0 Å². The molecule has 4 aromatic carbocycles. The normalized spacial score (nSPS) is 18.4. The van der Waals surface area contributed by atoms with E-state index in [1.54, 1.807) is 26.4 Å². The number of nitrogens with one attached hydrogen (secondary N) is 2. The van der Waals surface area contributed by atoms with Crippen LogP contribution in [0.25, 0.3) is 0 Å². The summed E-state index contributed by atoms with van der Waals surface area (Å²) in [4.78, 5) is 27.2. The van der Waals surface area contributed by atoms with Gasteiger partial charge in [-0.25, -0.2) is 0 Å². The number of methoxy groups -OCH3 is 2. The smallest absolute Gasteiger partial charge is 0.224 e. The first-order valence-corrected chi connectivity index (χ1v) is 18.8. The number of rotatable bonds is 16. The number of aliphatic hydroxyl groups is 1. The van der Waals surface area contributed by atoms with Crippen LogP contribution in [0.1, 0.15) is 84.3 Å². The summed E-state index contributed by atoms with van der Waals surface area (Å²) in [6.07, 6.45) is 3.76. The van der Waals surface area contributed by atoms with Crippen LogP contribution in [0.15, 0.2) is 84.9 Å². The molecule has 286 valence electrons. The van der Waals surface area contributed by atoms with Crippen molar-refractivity contribution in [1.82, 2.24) is 10.2 Å². The number of benzene rings is 4. The van der Waals surface area contributed by atoms with Crippen LogP contribution in [-0.2, 0) is 45.2 Å². The van der Waals surface area contributed by atoms with Crippen molar-refractivity contribution in [2.24, 2.45) is 0 Å². The Kier molecular flexibility index (Phi) is 13.6. The Bertz CT molecular complexity index is 1850. The van der Waals surface area contributed by atoms with E-state index in [2.05, 4.69) is 27.7 Å². The van der Waals surface area contributed by atoms with Crippen LogP contribution < -0.4 is 25.8 Å². The minimum absolute atomic E-state index is 0.00767. The number of carbonyl (C=O) groups excluding carboxylic acids is 2. The van der Waals surface area contributed by atoms with E-state index in [9.17, 15) is 14.7 Å². The number of hydrogen-bond donors (Lipinski definition) is 4. The minimum Gasteiger partial charge on any atom is -0.493 e. The van der Waals surface area contributed by atoms with Crippen LogP contribution in [0.4, 0.5) is 11.4 Å². The van der Waals surface area contributed by atoms with Gasteiger partial charge in [-0.2, -0.15) is 0 Å². The highest BCUT2D eigenvalue weighted by molar-refractivity contribution is 5.93. The lowest BCUT2D eigenvalue weighted by atomic mass is 9.97. The van der Waals surface area contributed by atoms with Crippen molar-refractivity contribution in [2.75, 3.05) is 38.4 Å². The number of fused-ring (bicyclic) bond motifs is 1. The van der Waals surface area contributed by atoms with Crippen molar-refractivity contribution in [3.63, 3.8) is 0 Å². The Morgan fingerprint density at radius 1 is 0.833 bits per heavy atom. The number of ether oxygens (including phenoxy) is 4. The predicted molar refractivity (Wildman–Crippen MR) is 208 cm³/mol. The number of anilines is 2. The lowest BCUT2D eigenvalue weighted by molar-refractivity contribution is -0.253. The summed E-state index contributed by atoms with van der Waals surface area (Å²) in [7, 11) is 3.33. The fourth-order valence-electron chi connectivity index (χ4n) is 7.07. The molecule has 11 nitrogen and oxygen atoms in total. The van der Waals surface area contributed by atoms with Crippen molar-refractivity contribution in [1.29, 1.82) is 0 Å². The summed E-state index contributed by atoms with van der Waals surface area (Å²) in [5.41, 5.74) is 13.4. The average Bonchev–Trinajstić information content (AvgIpc) is 3.20. The predicted octanol–water partition coefficient (Wildman–Crippen LogP) is 6.59. The van der Waals surface area contributed by atoms with Crippen LogP contribution >= 0.6 is 0 Å². The second-order valence-corrected chi connectivity index (χ2v) is 14.0. The van der Waals surface area contributed by atoms with E-state index in [1.807, 2.05) is 60.7 Å². The quantitative estimate of drug-likeness (QED) is 0.0740. The van der Waals surface area contributed by atoms with Crippen LogP contribution in [0.2, 0.25) is 0 Å². The molecule has 0 radical (unpaired) electrons. The zero-order valence-corrected chi connectivity index (χ0v) is 31.2. The zero-order chi connectivity index (χ0) is 37.9. The lowest BCUT2D eigenvalue weighted by Gasteiger charge is -2.39. The lowest BCUT2D eigenvalue weighted by Crippen LogP contribution is -2.41. The molecule has 0 aliphatic carbocycles. The van der Waals surface area contributed by atoms with Gasteiger partial charge in [0.1, 0.15) is 0 Å². The Labute approximate surface area is 317 Å². The van der Waals surface area contributed by atoms with E-state index < -0.39 is 6.29 Å². The maximum absolute atomic E-state index is 12.6.